The van der Waals surface area contributed by atoms with Crippen LogP contribution in [0.15, 0.2) is 75.7 Å². The van der Waals surface area contributed by atoms with Crippen molar-refractivity contribution in [3.63, 3.8) is 0 Å². The van der Waals surface area contributed by atoms with E-state index in [2.05, 4.69) is 5.18 Å². The fourth-order valence-electron chi connectivity index (χ4n) is 5.28. The second-order valence-electron chi connectivity index (χ2n) is 9.44. The van der Waals surface area contributed by atoms with Crippen LogP contribution in [0.4, 0.5) is 13.2 Å². The molecule has 39 heavy (non-hydrogen) atoms. The number of fused-ring (bicyclic) bond motifs is 1. The minimum Gasteiger partial charge on any atom is -0.494 e. The highest BCUT2D eigenvalue weighted by Gasteiger charge is 2.38. The molecule has 0 radical (unpaired) electrons. The number of aryl methyl sites for hydroxylation is 1. The van der Waals surface area contributed by atoms with Gasteiger partial charge < -0.3 is 4.74 Å². The van der Waals surface area contributed by atoms with Gasteiger partial charge >= 0.3 is 0 Å². The predicted molar refractivity (Wildman–Crippen MR) is 146 cm³/mol. The van der Waals surface area contributed by atoms with Crippen LogP contribution >= 0.6 is 11.8 Å². The second-order valence-corrected chi connectivity index (χ2v) is 10.5. The van der Waals surface area contributed by atoms with Crippen molar-refractivity contribution in [2.45, 2.75) is 37.4 Å². The highest BCUT2D eigenvalue weighted by Crippen LogP contribution is 2.46. The zero-order valence-corrected chi connectivity index (χ0v) is 22.3. The Hall–Kier alpha value is -3.85. The number of thioether (sulfide) groups is 1. The van der Waals surface area contributed by atoms with Gasteiger partial charge in [-0.2, -0.15) is 4.91 Å². The topological polar surface area (TPSA) is 60.7 Å². The Morgan fingerprint density at radius 1 is 1.00 bits per heavy atom. The van der Waals surface area contributed by atoms with Gasteiger partial charge in [-0.1, -0.05) is 47.6 Å². The average Bonchev–Trinajstić information content (AvgIpc) is 3.35. The number of benzene rings is 3. The van der Waals surface area contributed by atoms with E-state index >= 15 is 4.39 Å². The summed E-state index contributed by atoms with van der Waals surface area (Å²) in [7, 11) is 1.33. The third-order valence-corrected chi connectivity index (χ3v) is 8.54. The summed E-state index contributed by atoms with van der Waals surface area (Å²) in [5.41, 5.74) is 1.78. The van der Waals surface area contributed by atoms with Crippen molar-refractivity contribution in [3.8, 4) is 16.9 Å². The summed E-state index contributed by atoms with van der Waals surface area (Å²) in [5, 5.41) is 3.90. The van der Waals surface area contributed by atoms with Crippen molar-refractivity contribution in [1.82, 2.24) is 4.57 Å². The Labute approximate surface area is 227 Å². The van der Waals surface area contributed by atoms with E-state index in [0.29, 0.717) is 27.5 Å². The number of nitroso groups, excluding NO2 is 1. The Morgan fingerprint density at radius 3 is 2.36 bits per heavy atom. The highest BCUT2D eigenvalue weighted by molar-refractivity contribution is 7.99. The largest absolute Gasteiger partial charge is 0.494 e. The van der Waals surface area contributed by atoms with E-state index in [9.17, 15) is 18.5 Å². The lowest BCUT2D eigenvalue weighted by molar-refractivity contribution is 0.387. The van der Waals surface area contributed by atoms with E-state index in [1.807, 2.05) is 19.1 Å². The molecule has 2 heterocycles. The van der Waals surface area contributed by atoms with Crippen molar-refractivity contribution < 1.29 is 17.9 Å². The summed E-state index contributed by atoms with van der Waals surface area (Å²) >= 11 is 1.32. The van der Waals surface area contributed by atoms with Gasteiger partial charge in [0.15, 0.2) is 11.6 Å². The monoisotopic (exact) mass is 550 g/mol. The molecule has 0 saturated heterocycles. The van der Waals surface area contributed by atoms with Crippen molar-refractivity contribution in [3.05, 3.63) is 121 Å². The van der Waals surface area contributed by atoms with Gasteiger partial charge in [-0.25, -0.2) is 13.2 Å². The molecule has 5 rings (SSSR count). The number of halogens is 3. The van der Waals surface area contributed by atoms with Crippen LogP contribution in [0.3, 0.4) is 0 Å². The number of hydrogen-bond donors (Lipinski definition) is 0. The smallest absolute Gasteiger partial charge is 0.260 e. The van der Waals surface area contributed by atoms with E-state index < -0.39 is 35.1 Å². The van der Waals surface area contributed by atoms with Crippen molar-refractivity contribution >= 4 is 11.8 Å². The summed E-state index contributed by atoms with van der Waals surface area (Å²) in [6.45, 7) is 3.51. The first-order valence-electron chi connectivity index (χ1n) is 12.3. The molecule has 0 fully saturated rings. The Kier molecular flexibility index (Phi) is 7.36. The summed E-state index contributed by atoms with van der Waals surface area (Å²) in [5.74, 6) is -1.89. The van der Waals surface area contributed by atoms with E-state index in [1.165, 1.54) is 53.8 Å². The van der Waals surface area contributed by atoms with Crippen molar-refractivity contribution in [2.24, 2.45) is 5.18 Å². The molecule has 0 amide bonds. The maximum Gasteiger partial charge on any atom is 0.260 e. The van der Waals surface area contributed by atoms with E-state index in [1.54, 1.807) is 25.1 Å². The zero-order valence-electron chi connectivity index (χ0n) is 21.5. The number of hydrogen-bond acceptors (Lipinski definition) is 5. The van der Waals surface area contributed by atoms with Crippen LogP contribution in [-0.4, -0.2) is 17.4 Å². The van der Waals surface area contributed by atoms with Crippen molar-refractivity contribution in [2.75, 3.05) is 12.9 Å². The molecule has 0 saturated carbocycles. The quantitative estimate of drug-likeness (QED) is 0.227. The maximum absolute atomic E-state index is 15.5. The molecule has 4 aromatic rings. The summed E-state index contributed by atoms with van der Waals surface area (Å²) in [6, 6.07) is 13.8. The molecule has 0 aliphatic carbocycles. The molecule has 0 bridgehead atoms. The Bertz CT molecular complexity index is 1630. The lowest BCUT2D eigenvalue weighted by atomic mass is 9.92. The predicted octanol–water partition coefficient (Wildman–Crippen LogP) is 7.30. The lowest BCUT2D eigenvalue weighted by Gasteiger charge is -2.24. The molecular formula is C30H25F3N2O3S. The van der Waals surface area contributed by atoms with Gasteiger partial charge in [0.25, 0.3) is 5.56 Å². The fraction of sp³-hybridized carbons (Fsp3) is 0.233. The molecule has 1 aliphatic rings. The van der Waals surface area contributed by atoms with E-state index in [-0.39, 0.29) is 28.9 Å². The number of pyridine rings is 1. The molecule has 200 valence electrons. The first kappa shape index (κ1) is 26.7. The first-order valence-corrected chi connectivity index (χ1v) is 13.3. The van der Waals surface area contributed by atoms with E-state index in [0.717, 1.165) is 5.56 Å². The molecule has 5 nitrogen and oxygen atoms in total. The van der Waals surface area contributed by atoms with Crippen molar-refractivity contribution in [1.29, 1.82) is 0 Å². The number of rotatable bonds is 7. The first-order chi connectivity index (χ1) is 18.8. The zero-order chi connectivity index (χ0) is 27.8. The van der Waals surface area contributed by atoms with Crippen LogP contribution in [-0.2, 0) is 6.42 Å². The van der Waals surface area contributed by atoms with Crippen LogP contribution < -0.4 is 10.3 Å². The standard InChI is InChI=1S/C30H25F3N2O3S/c1-16-8-4-5-9-18(16)28(34-37)24-15-39-30-20(14-21-22(31)11-7-12-23(21)32)17(2)26(29(36)35(24)30)19-10-6-13-25(38-3)27(19)33/h4-13,24,28H,14-15H2,1-3H3. The molecule has 2 atom stereocenters. The lowest BCUT2D eigenvalue weighted by Crippen LogP contribution is -2.30. The van der Waals surface area contributed by atoms with Gasteiger partial charge in [-0.15, -0.1) is 11.8 Å². The van der Waals surface area contributed by atoms with Gasteiger partial charge in [0, 0.05) is 23.3 Å². The normalized spacial score (nSPS) is 15.2. The fourth-order valence-corrected chi connectivity index (χ4v) is 6.69. The number of ether oxygens (including phenoxy) is 1. The molecule has 1 aliphatic heterocycles. The SMILES string of the molecule is COc1cccc(-c2c(C)c(Cc3c(F)cccc3F)c3n(c2=O)C(C(N=O)c2ccccc2C)CS3)c1F. The molecule has 3 aromatic carbocycles. The Balaban J connectivity index is 1.80. The Morgan fingerprint density at radius 2 is 1.69 bits per heavy atom. The van der Waals surface area contributed by atoms with Crippen LogP contribution in [0.5, 0.6) is 5.75 Å². The van der Waals surface area contributed by atoms with Crippen LogP contribution in [0.2, 0.25) is 0 Å². The van der Waals surface area contributed by atoms with Crippen LogP contribution in [0.25, 0.3) is 11.1 Å². The molecule has 2 unspecified atom stereocenters. The number of nitrogens with zero attached hydrogens (tertiary/aromatic N) is 2. The average molecular weight is 551 g/mol. The minimum absolute atomic E-state index is 0.00422. The molecule has 0 spiro atoms. The number of methoxy groups -OCH3 is 1. The summed E-state index contributed by atoms with van der Waals surface area (Å²) < 4.78 is 51.7. The van der Waals surface area contributed by atoms with Gasteiger partial charge in [-0.3, -0.25) is 9.36 Å². The minimum atomic E-state index is -0.901. The third kappa shape index (κ3) is 4.54. The van der Waals surface area contributed by atoms with Crippen LogP contribution in [0, 0.1) is 36.2 Å². The molecular weight excluding hydrogens is 525 g/mol. The van der Waals surface area contributed by atoms with E-state index in [4.69, 9.17) is 4.74 Å². The maximum atomic E-state index is 15.5. The molecule has 1 aromatic heterocycles. The summed E-state index contributed by atoms with van der Waals surface area (Å²) in [4.78, 5) is 26.4. The number of aromatic nitrogens is 1. The van der Waals surface area contributed by atoms with Gasteiger partial charge in [0.2, 0.25) is 0 Å². The summed E-state index contributed by atoms with van der Waals surface area (Å²) in [6.07, 6.45) is -0.165. The van der Waals surface area contributed by atoms with Crippen LogP contribution in [0.1, 0.15) is 39.9 Å². The van der Waals surface area contributed by atoms with Gasteiger partial charge in [0.1, 0.15) is 17.7 Å². The highest BCUT2D eigenvalue weighted by atomic mass is 32.2. The van der Waals surface area contributed by atoms with Gasteiger partial charge in [0.05, 0.1) is 23.7 Å². The second kappa shape index (κ2) is 10.7. The molecule has 9 heteroatoms. The molecule has 0 N–H and O–H groups in total. The van der Waals surface area contributed by atoms with Gasteiger partial charge in [-0.05, 0) is 54.3 Å². The third-order valence-electron chi connectivity index (χ3n) is 7.31.